The maximum absolute atomic E-state index is 11.2. The molecule has 0 bridgehead atoms. The summed E-state index contributed by atoms with van der Waals surface area (Å²) in [6.07, 6.45) is 0.735. The van der Waals surface area contributed by atoms with Gasteiger partial charge in [-0.3, -0.25) is 4.79 Å². The number of rotatable bonds is 1. The molecule has 2 unspecified atom stereocenters. The summed E-state index contributed by atoms with van der Waals surface area (Å²) in [6.45, 7) is 5.31. The Labute approximate surface area is 78.8 Å². The zero-order valence-electron chi connectivity index (χ0n) is 8.50. The summed E-state index contributed by atoms with van der Waals surface area (Å²) in [4.78, 5) is 11.2. The van der Waals surface area contributed by atoms with Crippen molar-refractivity contribution in [1.29, 1.82) is 0 Å². The Morgan fingerprint density at radius 2 is 1.92 bits per heavy atom. The van der Waals surface area contributed by atoms with Crippen LogP contribution in [0.2, 0.25) is 0 Å². The Morgan fingerprint density at radius 1 is 1.38 bits per heavy atom. The average molecular weight is 186 g/mol. The lowest BCUT2D eigenvalue weighted by Crippen LogP contribution is -2.49. The predicted molar refractivity (Wildman–Crippen MR) is 49.3 cm³/mol. The van der Waals surface area contributed by atoms with Crippen LogP contribution in [0.3, 0.4) is 0 Å². The van der Waals surface area contributed by atoms with Crippen LogP contribution in [0.1, 0.15) is 40.0 Å². The monoisotopic (exact) mass is 186 g/mol. The van der Waals surface area contributed by atoms with Crippen LogP contribution < -0.4 is 0 Å². The average Bonchev–Trinajstić information content (AvgIpc) is 1.79. The van der Waals surface area contributed by atoms with Crippen LogP contribution in [-0.4, -0.2) is 27.7 Å². The van der Waals surface area contributed by atoms with Gasteiger partial charge in [0.05, 0.1) is 6.10 Å². The van der Waals surface area contributed by atoms with Crippen molar-refractivity contribution in [1.82, 2.24) is 0 Å². The third-order valence-corrected chi connectivity index (χ3v) is 2.79. The van der Waals surface area contributed by atoms with E-state index in [4.69, 9.17) is 0 Å². The van der Waals surface area contributed by atoms with Crippen molar-refractivity contribution in [2.75, 3.05) is 0 Å². The lowest BCUT2D eigenvalue weighted by Gasteiger charge is -2.42. The minimum atomic E-state index is -1.30. The molecule has 1 rings (SSSR count). The quantitative estimate of drug-likeness (QED) is 0.639. The van der Waals surface area contributed by atoms with Gasteiger partial charge < -0.3 is 10.2 Å². The number of carbonyl (C=O) groups excluding carboxylic acids is 1. The van der Waals surface area contributed by atoms with Crippen LogP contribution in [0.5, 0.6) is 0 Å². The van der Waals surface area contributed by atoms with Gasteiger partial charge in [0.1, 0.15) is 5.60 Å². The fourth-order valence-electron chi connectivity index (χ4n) is 2.30. The van der Waals surface area contributed by atoms with Crippen LogP contribution in [0.4, 0.5) is 0 Å². The second-order valence-corrected chi connectivity index (χ2v) is 4.99. The summed E-state index contributed by atoms with van der Waals surface area (Å²) in [5, 5.41) is 19.5. The van der Waals surface area contributed by atoms with Crippen LogP contribution in [-0.2, 0) is 4.79 Å². The van der Waals surface area contributed by atoms with Gasteiger partial charge in [-0.05, 0) is 25.2 Å². The summed E-state index contributed by atoms with van der Waals surface area (Å²) < 4.78 is 0. The van der Waals surface area contributed by atoms with E-state index in [1.54, 1.807) is 0 Å². The molecule has 0 aromatic carbocycles. The van der Waals surface area contributed by atoms with E-state index in [9.17, 15) is 15.0 Å². The van der Waals surface area contributed by atoms with Crippen LogP contribution in [0, 0.1) is 5.41 Å². The number of carbonyl (C=O) groups is 1. The van der Waals surface area contributed by atoms with Gasteiger partial charge in [0.2, 0.25) is 0 Å². The second kappa shape index (κ2) is 3.07. The van der Waals surface area contributed by atoms with Crippen molar-refractivity contribution in [3.8, 4) is 0 Å². The molecule has 0 aromatic rings. The highest BCUT2D eigenvalue weighted by Gasteiger charge is 2.45. The predicted octanol–water partition coefficient (Wildman–Crippen LogP) is 0.878. The summed E-state index contributed by atoms with van der Waals surface area (Å²) in [5.74, 6) is -0.237. The number of aliphatic hydroxyl groups is 2. The summed E-state index contributed by atoms with van der Waals surface area (Å²) in [5.41, 5.74) is -1.46. The topological polar surface area (TPSA) is 57.5 Å². The van der Waals surface area contributed by atoms with E-state index in [2.05, 4.69) is 0 Å². The van der Waals surface area contributed by atoms with Crippen molar-refractivity contribution in [2.45, 2.75) is 51.7 Å². The minimum absolute atomic E-state index is 0.155. The maximum Gasteiger partial charge on any atom is 0.161 e. The standard InChI is InChI=1S/C10H18O3/c1-7(11)10(13)5-8(12)4-9(2,3)6-10/h8,12-13H,4-6H2,1-3H3. The normalized spacial score (nSPS) is 38.7. The van der Waals surface area contributed by atoms with Gasteiger partial charge in [-0.25, -0.2) is 0 Å². The maximum atomic E-state index is 11.2. The Kier molecular flexibility index (Phi) is 2.52. The number of Topliss-reactive ketones (excluding diaryl/α,β-unsaturated/α-hetero) is 1. The summed E-state index contributed by atoms with van der Waals surface area (Å²) >= 11 is 0. The van der Waals surface area contributed by atoms with Crippen molar-refractivity contribution < 1.29 is 15.0 Å². The Bertz CT molecular complexity index is 222. The molecule has 1 saturated carbocycles. The van der Waals surface area contributed by atoms with E-state index in [1.165, 1.54) is 6.92 Å². The van der Waals surface area contributed by atoms with Gasteiger partial charge in [-0.1, -0.05) is 13.8 Å². The van der Waals surface area contributed by atoms with Gasteiger partial charge in [0.15, 0.2) is 5.78 Å². The molecule has 2 N–H and O–H groups in total. The lowest BCUT2D eigenvalue weighted by atomic mass is 9.67. The molecule has 0 amide bonds. The fraction of sp³-hybridized carbons (Fsp3) is 0.900. The van der Waals surface area contributed by atoms with E-state index >= 15 is 0 Å². The lowest BCUT2D eigenvalue weighted by molar-refractivity contribution is -0.149. The third kappa shape index (κ3) is 2.29. The van der Waals surface area contributed by atoms with Gasteiger partial charge >= 0.3 is 0 Å². The highest BCUT2D eigenvalue weighted by Crippen LogP contribution is 2.41. The largest absolute Gasteiger partial charge is 0.393 e. The highest BCUT2D eigenvalue weighted by molar-refractivity contribution is 5.84. The molecule has 0 aliphatic heterocycles. The summed E-state index contributed by atoms with van der Waals surface area (Å²) in [7, 11) is 0. The van der Waals surface area contributed by atoms with E-state index in [0.717, 1.165) is 0 Å². The third-order valence-electron chi connectivity index (χ3n) is 2.79. The Morgan fingerprint density at radius 3 is 2.31 bits per heavy atom. The van der Waals surface area contributed by atoms with E-state index in [1.807, 2.05) is 13.8 Å². The number of ketones is 1. The zero-order chi connectivity index (χ0) is 10.3. The van der Waals surface area contributed by atoms with Crippen molar-refractivity contribution >= 4 is 5.78 Å². The van der Waals surface area contributed by atoms with Gasteiger partial charge in [-0.15, -0.1) is 0 Å². The Balaban J connectivity index is 2.84. The van der Waals surface area contributed by atoms with E-state index < -0.39 is 11.7 Å². The first kappa shape index (κ1) is 10.7. The molecule has 0 spiro atoms. The molecule has 0 heterocycles. The molecule has 1 aliphatic carbocycles. The minimum Gasteiger partial charge on any atom is -0.393 e. The molecule has 0 aromatic heterocycles. The first-order chi connectivity index (χ1) is 5.75. The SMILES string of the molecule is CC(=O)C1(O)CC(O)CC(C)(C)C1. The molecule has 13 heavy (non-hydrogen) atoms. The van der Waals surface area contributed by atoms with Gasteiger partial charge in [-0.2, -0.15) is 0 Å². The van der Waals surface area contributed by atoms with E-state index in [-0.39, 0.29) is 17.6 Å². The van der Waals surface area contributed by atoms with Gasteiger partial charge in [0.25, 0.3) is 0 Å². The fourth-order valence-corrected chi connectivity index (χ4v) is 2.30. The molecule has 1 fully saturated rings. The first-order valence-corrected chi connectivity index (χ1v) is 4.67. The molecule has 3 heteroatoms. The first-order valence-electron chi connectivity index (χ1n) is 4.67. The molecule has 1 aliphatic rings. The van der Waals surface area contributed by atoms with Crippen molar-refractivity contribution in [3.63, 3.8) is 0 Å². The van der Waals surface area contributed by atoms with Crippen molar-refractivity contribution in [3.05, 3.63) is 0 Å². The smallest absolute Gasteiger partial charge is 0.161 e. The second-order valence-electron chi connectivity index (χ2n) is 4.99. The highest BCUT2D eigenvalue weighted by atomic mass is 16.3. The number of aliphatic hydroxyl groups excluding tert-OH is 1. The zero-order valence-corrected chi connectivity index (χ0v) is 8.50. The van der Waals surface area contributed by atoms with E-state index in [0.29, 0.717) is 12.8 Å². The van der Waals surface area contributed by atoms with Crippen LogP contribution in [0.15, 0.2) is 0 Å². The molecular formula is C10H18O3. The molecular weight excluding hydrogens is 168 g/mol. The Hall–Kier alpha value is -0.410. The molecule has 76 valence electrons. The number of hydrogen-bond acceptors (Lipinski definition) is 3. The molecule has 0 saturated heterocycles. The molecule has 0 radical (unpaired) electrons. The van der Waals surface area contributed by atoms with Gasteiger partial charge in [0, 0.05) is 6.42 Å². The molecule has 3 nitrogen and oxygen atoms in total. The van der Waals surface area contributed by atoms with Crippen LogP contribution >= 0.6 is 0 Å². The molecule has 2 atom stereocenters. The number of hydrogen-bond donors (Lipinski definition) is 2. The van der Waals surface area contributed by atoms with Crippen molar-refractivity contribution in [2.24, 2.45) is 5.41 Å². The van der Waals surface area contributed by atoms with Crippen LogP contribution in [0.25, 0.3) is 0 Å². The summed E-state index contributed by atoms with van der Waals surface area (Å²) in [6, 6.07) is 0.